The molecule has 128 valence electrons. The Kier molecular flexibility index (Phi) is 4.65. The minimum absolute atomic E-state index is 0.00189. The molecule has 1 aromatic carbocycles. The molecule has 3 rings (SSSR count). The van der Waals surface area contributed by atoms with E-state index in [1.54, 1.807) is 19.1 Å². The predicted molar refractivity (Wildman–Crippen MR) is 95.8 cm³/mol. The largest absolute Gasteiger partial charge is 0.494 e. The minimum atomic E-state index is -0.555. The first-order valence-electron chi connectivity index (χ1n) is 7.41. The first kappa shape index (κ1) is 17.3. The van der Waals surface area contributed by atoms with Gasteiger partial charge in [-0.25, -0.2) is 14.3 Å². The van der Waals surface area contributed by atoms with E-state index < -0.39 is 17.7 Å². The molecule has 0 atom stereocenters. The van der Waals surface area contributed by atoms with Gasteiger partial charge < -0.3 is 10.4 Å². The van der Waals surface area contributed by atoms with Crippen molar-refractivity contribution < 1.29 is 14.7 Å². The molecule has 2 heterocycles. The number of carbonyl (C=O) groups excluding carboxylic acids is 2. The van der Waals surface area contributed by atoms with Crippen LogP contribution in [-0.2, 0) is 0 Å². The lowest BCUT2D eigenvalue weighted by molar-refractivity contribution is 0.103. The lowest BCUT2D eigenvalue weighted by atomic mass is 10.0. The van der Waals surface area contributed by atoms with Crippen molar-refractivity contribution >= 4 is 45.9 Å². The highest BCUT2D eigenvalue weighted by atomic mass is 35.5. The number of nitrogens with zero attached hydrogens (tertiary/aromatic N) is 2. The first-order chi connectivity index (χ1) is 11.9. The van der Waals surface area contributed by atoms with Gasteiger partial charge in [-0.2, -0.15) is 0 Å². The van der Waals surface area contributed by atoms with Crippen molar-refractivity contribution in [3.05, 3.63) is 57.8 Å². The monoisotopic (exact) mass is 377 g/mol. The second-order valence-electron chi connectivity index (χ2n) is 5.23. The van der Waals surface area contributed by atoms with Crippen molar-refractivity contribution in [3.8, 4) is 5.88 Å². The SMILES string of the molecule is CCNC(=O)n1c(O)c(C(=O)c2ccc(Cl)nc2)c2ccc(Cl)cc21. The average molecular weight is 378 g/mol. The fourth-order valence-corrected chi connectivity index (χ4v) is 2.84. The number of carbonyl (C=O) groups is 2. The van der Waals surface area contributed by atoms with Gasteiger partial charge in [-0.05, 0) is 31.2 Å². The molecular formula is C17H13Cl2N3O3. The molecule has 2 aromatic heterocycles. The zero-order valence-electron chi connectivity index (χ0n) is 13.1. The van der Waals surface area contributed by atoms with Gasteiger partial charge in [0.05, 0.1) is 11.1 Å². The smallest absolute Gasteiger partial charge is 0.328 e. The molecule has 1 amide bonds. The molecule has 6 nitrogen and oxygen atoms in total. The summed E-state index contributed by atoms with van der Waals surface area (Å²) in [6.07, 6.45) is 1.31. The summed E-state index contributed by atoms with van der Waals surface area (Å²) in [4.78, 5) is 29.0. The quantitative estimate of drug-likeness (QED) is 0.536. The Labute approximate surface area is 153 Å². The predicted octanol–water partition coefficient (Wildman–Crippen LogP) is 3.86. The van der Waals surface area contributed by atoms with Crippen LogP contribution >= 0.6 is 23.2 Å². The van der Waals surface area contributed by atoms with Gasteiger partial charge in [0.15, 0.2) is 0 Å². The fraction of sp³-hybridized carbons (Fsp3) is 0.118. The van der Waals surface area contributed by atoms with Gasteiger partial charge in [-0.15, -0.1) is 0 Å². The summed E-state index contributed by atoms with van der Waals surface area (Å²) >= 11 is 11.8. The maximum absolute atomic E-state index is 12.9. The molecule has 0 aliphatic carbocycles. The highest BCUT2D eigenvalue weighted by molar-refractivity contribution is 6.32. The second kappa shape index (κ2) is 6.74. The van der Waals surface area contributed by atoms with E-state index >= 15 is 0 Å². The molecule has 0 fully saturated rings. The molecule has 0 spiro atoms. The lowest BCUT2D eigenvalue weighted by Gasteiger charge is -2.06. The number of hydrogen-bond acceptors (Lipinski definition) is 4. The number of pyridine rings is 1. The number of nitrogens with one attached hydrogen (secondary N) is 1. The topological polar surface area (TPSA) is 84.2 Å². The van der Waals surface area contributed by atoms with E-state index in [2.05, 4.69) is 10.3 Å². The van der Waals surface area contributed by atoms with Crippen LogP contribution in [0.25, 0.3) is 10.9 Å². The summed E-state index contributed by atoms with van der Waals surface area (Å²) in [5.41, 5.74) is 0.577. The van der Waals surface area contributed by atoms with Crippen molar-refractivity contribution in [3.63, 3.8) is 0 Å². The Bertz CT molecular complexity index is 981. The molecular weight excluding hydrogens is 365 g/mol. The number of amides is 1. The van der Waals surface area contributed by atoms with Crippen LogP contribution in [0.5, 0.6) is 5.88 Å². The van der Waals surface area contributed by atoms with E-state index in [0.717, 1.165) is 4.57 Å². The highest BCUT2D eigenvalue weighted by Crippen LogP contribution is 2.34. The van der Waals surface area contributed by atoms with Gasteiger partial charge in [0.25, 0.3) is 0 Å². The van der Waals surface area contributed by atoms with Crippen molar-refractivity contribution in [2.45, 2.75) is 6.92 Å². The van der Waals surface area contributed by atoms with E-state index in [4.69, 9.17) is 23.2 Å². The maximum Gasteiger partial charge on any atom is 0.328 e. The summed E-state index contributed by atoms with van der Waals surface area (Å²) in [6.45, 7) is 2.11. The Morgan fingerprint density at radius 1 is 1.24 bits per heavy atom. The van der Waals surface area contributed by atoms with Crippen LogP contribution in [0, 0.1) is 0 Å². The molecule has 0 unspecified atom stereocenters. The number of hydrogen-bond donors (Lipinski definition) is 2. The van der Waals surface area contributed by atoms with Crippen LogP contribution in [0.3, 0.4) is 0 Å². The third-order valence-corrected chi connectivity index (χ3v) is 4.11. The molecule has 0 bridgehead atoms. The third-order valence-electron chi connectivity index (χ3n) is 3.65. The summed E-state index contributed by atoms with van der Waals surface area (Å²) in [6, 6.07) is 7.11. The third kappa shape index (κ3) is 3.06. The van der Waals surface area contributed by atoms with Gasteiger partial charge in [0.1, 0.15) is 5.15 Å². The Morgan fingerprint density at radius 2 is 2.00 bits per heavy atom. The number of benzene rings is 1. The van der Waals surface area contributed by atoms with Gasteiger partial charge in [0.2, 0.25) is 11.7 Å². The Hall–Kier alpha value is -2.57. The van der Waals surface area contributed by atoms with Gasteiger partial charge in [-0.1, -0.05) is 29.3 Å². The summed E-state index contributed by atoms with van der Waals surface area (Å²) in [5, 5.41) is 14.2. The summed E-state index contributed by atoms with van der Waals surface area (Å²) in [5.74, 6) is -0.930. The fourth-order valence-electron chi connectivity index (χ4n) is 2.56. The van der Waals surface area contributed by atoms with Crippen LogP contribution in [0.2, 0.25) is 10.2 Å². The summed E-state index contributed by atoms with van der Waals surface area (Å²) < 4.78 is 1.03. The highest BCUT2D eigenvalue weighted by Gasteiger charge is 2.26. The zero-order chi connectivity index (χ0) is 18.1. The van der Waals surface area contributed by atoms with Crippen LogP contribution in [0.1, 0.15) is 22.8 Å². The van der Waals surface area contributed by atoms with E-state index in [1.165, 1.54) is 24.4 Å². The second-order valence-corrected chi connectivity index (χ2v) is 6.05. The molecule has 3 aromatic rings. The molecule has 0 aliphatic rings. The lowest BCUT2D eigenvalue weighted by Crippen LogP contribution is -2.27. The molecule has 25 heavy (non-hydrogen) atoms. The number of aromatic nitrogens is 2. The average Bonchev–Trinajstić information content (AvgIpc) is 2.86. The van der Waals surface area contributed by atoms with E-state index in [1.807, 2.05) is 0 Å². The molecule has 0 aliphatic heterocycles. The number of aromatic hydroxyl groups is 1. The van der Waals surface area contributed by atoms with E-state index in [0.29, 0.717) is 22.5 Å². The van der Waals surface area contributed by atoms with Crippen molar-refractivity contribution in [1.29, 1.82) is 0 Å². The number of fused-ring (bicyclic) bond motifs is 1. The normalized spacial score (nSPS) is 10.8. The molecule has 8 heteroatoms. The van der Waals surface area contributed by atoms with Crippen molar-refractivity contribution in [1.82, 2.24) is 14.9 Å². The number of rotatable bonds is 3. The van der Waals surface area contributed by atoms with Crippen molar-refractivity contribution in [2.75, 3.05) is 6.54 Å². The van der Waals surface area contributed by atoms with Gasteiger partial charge >= 0.3 is 6.03 Å². The maximum atomic E-state index is 12.9. The van der Waals surface area contributed by atoms with Crippen molar-refractivity contribution in [2.24, 2.45) is 0 Å². The van der Waals surface area contributed by atoms with Gasteiger partial charge in [0, 0.05) is 28.7 Å². The number of ketones is 1. The minimum Gasteiger partial charge on any atom is -0.494 e. The van der Waals surface area contributed by atoms with E-state index in [-0.39, 0.29) is 16.3 Å². The van der Waals surface area contributed by atoms with Gasteiger partial charge in [-0.3, -0.25) is 4.79 Å². The van der Waals surface area contributed by atoms with Crippen LogP contribution in [0.4, 0.5) is 4.79 Å². The van der Waals surface area contributed by atoms with Crippen LogP contribution < -0.4 is 5.32 Å². The van der Waals surface area contributed by atoms with Crippen LogP contribution in [0.15, 0.2) is 36.5 Å². The van der Waals surface area contributed by atoms with Crippen LogP contribution in [-0.4, -0.2) is 33.0 Å². The zero-order valence-corrected chi connectivity index (χ0v) is 14.6. The number of halogens is 2. The molecule has 0 radical (unpaired) electrons. The van der Waals surface area contributed by atoms with E-state index in [9.17, 15) is 14.7 Å². The standard InChI is InChI=1S/C17H13Cl2N3O3/c1-2-20-17(25)22-12-7-10(18)4-5-11(12)14(16(22)24)15(23)9-3-6-13(19)21-8-9/h3-8,24H,2H2,1H3,(H,20,25). The summed E-state index contributed by atoms with van der Waals surface area (Å²) in [7, 11) is 0. The Balaban J connectivity index is 2.24. The Morgan fingerprint density at radius 3 is 2.64 bits per heavy atom. The molecule has 2 N–H and O–H groups in total. The molecule has 0 saturated carbocycles. The first-order valence-corrected chi connectivity index (χ1v) is 8.17. The molecule has 0 saturated heterocycles.